The van der Waals surface area contributed by atoms with Crippen LogP contribution < -0.4 is 0 Å². The van der Waals surface area contributed by atoms with Crippen LogP contribution in [0.4, 0.5) is 0 Å². The van der Waals surface area contributed by atoms with E-state index in [-0.39, 0.29) is 37.5 Å². The lowest BCUT2D eigenvalue weighted by molar-refractivity contribution is -0.0388. The van der Waals surface area contributed by atoms with Crippen molar-refractivity contribution in [2.24, 2.45) is 0 Å². The summed E-state index contributed by atoms with van der Waals surface area (Å²) in [6, 6.07) is 0. The predicted molar refractivity (Wildman–Crippen MR) is 98.1 cm³/mol. The molecule has 0 saturated heterocycles. The molecule has 0 aliphatic heterocycles. The molecule has 1 aromatic rings. The Kier molecular flexibility index (Phi) is 15.7. The molecule has 3 atom stereocenters. The monoisotopic (exact) mass is 462 g/mol. The lowest BCUT2D eigenvalue weighted by atomic mass is 10.2. The molecule has 0 aromatic heterocycles. The number of aliphatic hydroxyl groups is 6. The van der Waals surface area contributed by atoms with Gasteiger partial charge in [-0.05, 0) is 6.92 Å². The van der Waals surface area contributed by atoms with Gasteiger partial charge in [0.2, 0.25) is 0 Å². The van der Waals surface area contributed by atoms with Crippen molar-refractivity contribution in [3.63, 3.8) is 0 Å². The highest BCUT2D eigenvalue weighted by Crippen LogP contribution is 2.47. The lowest BCUT2D eigenvalue weighted by Crippen LogP contribution is -2.31. The Morgan fingerprint density at radius 2 is 0.880 bits per heavy atom. The maximum absolute atomic E-state index is 9.20. The minimum atomic E-state index is -1.22. The van der Waals surface area contributed by atoms with Crippen molar-refractivity contribution in [1.29, 1.82) is 0 Å². The molecule has 0 aliphatic carbocycles. The smallest absolute Gasteiger partial charge is 0.155 e. The molecule has 0 amide bonds. The Balaban J connectivity index is 0. The van der Waals surface area contributed by atoms with Crippen LogP contribution in [0.2, 0.25) is 25.1 Å². The van der Waals surface area contributed by atoms with Gasteiger partial charge >= 0.3 is 0 Å². The summed E-state index contributed by atoms with van der Waals surface area (Å²) in [7, 11) is 0. The number of hydrogen-bond acceptors (Lipinski definition) is 7. The van der Waals surface area contributed by atoms with E-state index in [1.54, 1.807) is 0 Å². The van der Waals surface area contributed by atoms with Crippen LogP contribution in [0.3, 0.4) is 0 Å². The number of aliphatic hydroxyl groups excluding tert-OH is 6. The Morgan fingerprint density at radius 3 is 1.08 bits per heavy atom. The van der Waals surface area contributed by atoms with Crippen LogP contribution in [0.25, 0.3) is 0 Å². The van der Waals surface area contributed by atoms with E-state index in [0.29, 0.717) is 0 Å². The third kappa shape index (κ3) is 10.2. The van der Waals surface area contributed by atoms with E-state index in [2.05, 4.69) is 0 Å². The summed E-state index contributed by atoms with van der Waals surface area (Å²) in [5, 5.41) is 58.2. The molecule has 0 aliphatic rings. The second-order valence-electron chi connectivity index (χ2n) is 4.45. The molecule has 1 aromatic carbocycles. The summed E-state index contributed by atoms with van der Waals surface area (Å²) in [5.74, 6) is -0.363. The number of hydrogen-bond donors (Lipinski definition) is 7. The van der Waals surface area contributed by atoms with Crippen molar-refractivity contribution >= 4 is 58.0 Å². The third-order valence-corrected chi connectivity index (χ3v) is 4.53. The average molecular weight is 465 g/mol. The maximum Gasteiger partial charge on any atom is 0.155 e. The maximum atomic E-state index is 9.20. The average Bonchev–Trinajstić information content (AvgIpc) is 2.62. The first kappa shape index (κ1) is 27.4. The minimum absolute atomic E-state index is 0.00904. The second-order valence-corrected chi connectivity index (χ2v) is 6.34. The van der Waals surface area contributed by atoms with Gasteiger partial charge in [0.15, 0.2) is 5.75 Å². The molecule has 0 radical (unpaired) electrons. The molecule has 12 heteroatoms. The van der Waals surface area contributed by atoms with Crippen LogP contribution in [0.15, 0.2) is 0 Å². The summed E-state index contributed by atoms with van der Waals surface area (Å²) in [4.78, 5) is 0. The van der Waals surface area contributed by atoms with Gasteiger partial charge in [-0.1, -0.05) is 58.0 Å². The van der Waals surface area contributed by atoms with Gasteiger partial charge in [0.1, 0.15) is 22.3 Å². The third-order valence-electron chi connectivity index (χ3n) is 2.27. The van der Waals surface area contributed by atoms with Crippen LogP contribution in [0.1, 0.15) is 6.92 Å². The highest BCUT2D eigenvalue weighted by Gasteiger charge is 2.18. The van der Waals surface area contributed by atoms with E-state index in [9.17, 15) is 5.11 Å². The number of phenolic OH excluding ortho intramolecular Hbond substituents is 1. The molecule has 1 rings (SSSR count). The van der Waals surface area contributed by atoms with Crippen LogP contribution >= 0.6 is 58.0 Å². The Hall–Kier alpha value is 0.230. The predicted octanol–water partition coefficient (Wildman–Crippen LogP) is 1.71. The molecular weight excluding hydrogens is 445 g/mol. The number of phenols is 1. The van der Waals surface area contributed by atoms with Gasteiger partial charge in [-0.3, -0.25) is 0 Å². The molecule has 0 spiro atoms. The quantitative estimate of drug-likeness (QED) is 0.266. The molecule has 7 N–H and O–H groups in total. The van der Waals surface area contributed by atoms with Crippen molar-refractivity contribution in [1.82, 2.24) is 0 Å². The van der Waals surface area contributed by atoms with Gasteiger partial charge in [0.05, 0.1) is 41.0 Å². The van der Waals surface area contributed by atoms with E-state index < -0.39 is 31.5 Å². The standard InChI is InChI=1S/C6HCl5O.C4H10O4.C3H8O2/c7-1-2(8)4(10)6(12)5(11)3(1)9;5-1-3(7)4(8)2-6;1-3(5)2-4/h12H;3-8H,1-2H2;3-5H,2H2,1H3. The number of halogens is 5. The first-order valence-electron chi connectivity index (χ1n) is 6.53. The number of aromatic hydroxyl groups is 1. The highest BCUT2D eigenvalue weighted by molar-refractivity contribution is 6.55. The topological polar surface area (TPSA) is 142 Å². The van der Waals surface area contributed by atoms with Crippen molar-refractivity contribution in [2.75, 3.05) is 19.8 Å². The fourth-order valence-electron chi connectivity index (χ4n) is 0.837. The second kappa shape index (κ2) is 14.3. The van der Waals surface area contributed by atoms with Crippen molar-refractivity contribution in [3.05, 3.63) is 25.1 Å². The summed E-state index contributed by atoms with van der Waals surface area (Å²) < 4.78 is 0. The fraction of sp³-hybridized carbons (Fsp3) is 0.538. The number of rotatable bonds is 4. The first-order valence-corrected chi connectivity index (χ1v) is 8.42. The van der Waals surface area contributed by atoms with Crippen molar-refractivity contribution in [2.45, 2.75) is 25.2 Å². The van der Waals surface area contributed by atoms with Crippen molar-refractivity contribution in [3.8, 4) is 5.75 Å². The van der Waals surface area contributed by atoms with Crippen LogP contribution in [0.5, 0.6) is 5.75 Å². The minimum Gasteiger partial charge on any atom is -0.505 e. The molecule has 0 saturated carbocycles. The SMILES string of the molecule is CC(O)CO.OCC(O)C(O)CO.Oc1c(Cl)c(Cl)c(Cl)c(Cl)c1Cl. The summed E-state index contributed by atoms with van der Waals surface area (Å²) in [6.07, 6.45) is -3.00. The molecule has 3 unspecified atom stereocenters. The largest absolute Gasteiger partial charge is 0.505 e. The molecule has 7 nitrogen and oxygen atoms in total. The fourth-order valence-corrected chi connectivity index (χ4v) is 1.97. The zero-order valence-corrected chi connectivity index (χ0v) is 16.7. The van der Waals surface area contributed by atoms with E-state index in [0.717, 1.165) is 0 Å². The lowest BCUT2D eigenvalue weighted by Gasteiger charge is -2.10. The highest BCUT2D eigenvalue weighted by atomic mass is 35.5. The van der Waals surface area contributed by atoms with Gasteiger partial charge in [-0.15, -0.1) is 0 Å². The van der Waals surface area contributed by atoms with Crippen molar-refractivity contribution < 1.29 is 35.7 Å². The summed E-state index contributed by atoms with van der Waals surface area (Å²) in [6.45, 7) is 0.337. The van der Waals surface area contributed by atoms with Gasteiger partial charge in [-0.2, -0.15) is 0 Å². The van der Waals surface area contributed by atoms with Crippen LogP contribution in [0, 0.1) is 0 Å². The zero-order chi connectivity index (χ0) is 20.3. The van der Waals surface area contributed by atoms with Gasteiger partial charge in [-0.25, -0.2) is 0 Å². The Morgan fingerprint density at radius 1 is 0.640 bits per heavy atom. The molecular formula is C13H19Cl5O7. The summed E-state index contributed by atoms with van der Waals surface area (Å²) in [5.41, 5.74) is 0. The van der Waals surface area contributed by atoms with Crippen LogP contribution in [-0.4, -0.2) is 73.9 Å². The molecule has 0 bridgehead atoms. The van der Waals surface area contributed by atoms with E-state index in [1.165, 1.54) is 6.92 Å². The Bertz CT molecular complexity index is 403. The summed E-state index contributed by atoms with van der Waals surface area (Å²) >= 11 is 27.9. The first-order chi connectivity index (χ1) is 11.5. The zero-order valence-electron chi connectivity index (χ0n) is 12.9. The van der Waals surface area contributed by atoms with E-state index >= 15 is 0 Å². The molecule has 0 heterocycles. The molecule has 25 heavy (non-hydrogen) atoms. The normalized spacial score (nSPS) is 13.8. The van der Waals surface area contributed by atoms with E-state index in [4.69, 9.17) is 88.6 Å². The molecule has 148 valence electrons. The van der Waals surface area contributed by atoms with Gasteiger partial charge < -0.3 is 35.7 Å². The van der Waals surface area contributed by atoms with E-state index in [1.807, 2.05) is 0 Å². The van der Waals surface area contributed by atoms with Gasteiger partial charge in [0, 0.05) is 0 Å². The Labute approximate surface area is 169 Å². The van der Waals surface area contributed by atoms with Crippen LogP contribution in [-0.2, 0) is 0 Å². The molecule has 0 fully saturated rings. The number of benzene rings is 1. The van der Waals surface area contributed by atoms with Gasteiger partial charge in [0.25, 0.3) is 0 Å².